The number of rotatable bonds is 5. The molecule has 16 heavy (non-hydrogen) atoms. The van der Waals surface area contributed by atoms with Crippen LogP contribution in [0, 0.1) is 6.92 Å². The highest BCUT2D eigenvalue weighted by atomic mass is 16.5. The van der Waals surface area contributed by atoms with E-state index in [1.54, 1.807) is 6.92 Å². The van der Waals surface area contributed by atoms with Gasteiger partial charge in [0.05, 0.1) is 12.7 Å². The molecule has 0 saturated carbocycles. The number of ether oxygens (including phenoxy) is 1. The van der Waals surface area contributed by atoms with E-state index in [0.717, 1.165) is 0 Å². The van der Waals surface area contributed by atoms with Crippen molar-refractivity contribution in [2.45, 2.75) is 33.1 Å². The van der Waals surface area contributed by atoms with Gasteiger partial charge < -0.3 is 9.84 Å². The van der Waals surface area contributed by atoms with E-state index < -0.39 is 11.2 Å². The van der Waals surface area contributed by atoms with Crippen molar-refractivity contribution in [3.05, 3.63) is 32.6 Å². The monoisotopic (exact) mass is 228 g/mol. The third-order valence-corrected chi connectivity index (χ3v) is 2.30. The molecule has 0 aliphatic heterocycles. The quantitative estimate of drug-likeness (QED) is 0.717. The highest BCUT2D eigenvalue weighted by Gasteiger charge is 2.06. The fraction of sp³-hybridized carbons (Fsp3) is 0.600. The number of hydrogen-bond donors (Lipinski definition) is 2. The first-order chi connectivity index (χ1) is 7.58. The van der Waals surface area contributed by atoms with Crippen LogP contribution in [0.5, 0.6) is 0 Å². The molecule has 0 radical (unpaired) electrons. The Kier molecular flexibility index (Phi) is 4.45. The Balaban J connectivity index is 2.78. The van der Waals surface area contributed by atoms with E-state index in [0.29, 0.717) is 12.0 Å². The summed E-state index contributed by atoms with van der Waals surface area (Å²) in [6.45, 7) is 3.42. The van der Waals surface area contributed by atoms with Crippen LogP contribution < -0.4 is 11.2 Å². The Morgan fingerprint density at radius 1 is 1.56 bits per heavy atom. The van der Waals surface area contributed by atoms with Crippen LogP contribution in [0.1, 0.15) is 18.9 Å². The van der Waals surface area contributed by atoms with Gasteiger partial charge in [0.15, 0.2) is 0 Å². The molecule has 6 nitrogen and oxygen atoms in total. The minimum absolute atomic E-state index is 0.0233. The number of nitrogens with one attached hydrogen (secondary N) is 1. The number of nitrogens with zero attached hydrogens (tertiary/aromatic N) is 1. The molecule has 1 heterocycles. The summed E-state index contributed by atoms with van der Waals surface area (Å²) < 4.78 is 6.55. The fourth-order valence-electron chi connectivity index (χ4n) is 1.20. The molecule has 0 bridgehead atoms. The predicted octanol–water partition coefficient (Wildman–Crippen LogP) is -0.410. The average molecular weight is 228 g/mol. The lowest BCUT2D eigenvalue weighted by Gasteiger charge is -2.14. The maximum Gasteiger partial charge on any atom is 0.330 e. The molecule has 0 fully saturated rings. The van der Waals surface area contributed by atoms with Crippen LogP contribution in [0.2, 0.25) is 0 Å². The predicted molar refractivity (Wildman–Crippen MR) is 58.3 cm³/mol. The normalized spacial score (nSPS) is 12.7. The molecule has 2 N–H and O–H groups in total. The molecule has 1 aromatic heterocycles. The molecule has 1 rings (SSSR count). The third-order valence-electron chi connectivity index (χ3n) is 2.30. The summed E-state index contributed by atoms with van der Waals surface area (Å²) in [5, 5.41) is 8.90. The lowest BCUT2D eigenvalue weighted by molar-refractivity contribution is -0.0269. The molecule has 1 atom stereocenters. The highest BCUT2D eigenvalue weighted by Crippen LogP contribution is 1.97. The molecule has 0 aliphatic carbocycles. The summed E-state index contributed by atoms with van der Waals surface area (Å²) in [4.78, 5) is 24.6. The third kappa shape index (κ3) is 3.04. The zero-order valence-corrected chi connectivity index (χ0v) is 9.40. The summed E-state index contributed by atoms with van der Waals surface area (Å²) in [7, 11) is 0. The minimum atomic E-state index is -0.511. The van der Waals surface area contributed by atoms with Gasteiger partial charge in [-0.05, 0) is 13.3 Å². The second-order valence-corrected chi connectivity index (χ2v) is 3.55. The lowest BCUT2D eigenvalue weighted by atomic mass is 10.3. The standard InChI is InChI=1S/C10H16N2O4/c1-3-8(5-13)16-6-12-4-7(2)9(14)11-10(12)15/h4,8,13H,3,5-6H2,1-2H3,(H,11,14,15). The van der Waals surface area contributed by atoms with Crippen LogP contribution in [-0.4, -0.2) is 27.4 Å². The Labute approximate surface area is 92.5 Å². The molecule has 0 aromatic carbocycles. The number of aromatic nitrogens is 2. The van der Waals surface area contributed by atoms with Crippen LogP contribution in [0.3, 0.4) is 0 Å². The number of aryl methyl sites for hydroxylation is 1. The van der Waals surface area contributed by atoms with E-state index in [1.807, 2.05) is 6.92 Å². The Morgan fingerprint density at radius 2 is 2.25 bits per heavy atom. The fourth-order valence-corrected chi connectivity index (χ4v) is 1.20. The molecule has 0 saturated heterocycles. The zero-order chi connectivity index (χ0) is 12.1. The SMILES string of the molecule is CCC(CO)OCn1cc(C)c(=O)[nH]c1=O. The van der Waals surface area contributed by atoms with Crippen LogP contribution in [-0.2, 0) is 11.5 Å². The van der Waals surface area contributed by atoms with E-state index >= 15 is 0 Å². The van der Waals surface area contributed by atoms with Crippen LogP contribution in [0.25, 0.3) is 0 Å². The van der Waals surface area contributed by atoms with Gasteiger partial charge in [0, 0.05) is 11.8 Å². The summed E-state index contributed by atoms with van der Waals surface area (Å²) in [5.74, 6) is 0. The van der Waals surface area contributed by atoms with E-state index in [-0.39, 0.29) is 19.4 Å². The Hall–Kier alpha value is -1.40. The van der Waals surface area contributed by atoms with Crippen molar-refractivity contribution >= 4 is 0 Å². The van der Waals surface area contributed by atoms with Crippen molar-refractivity contribution in [2.24, 2.45) is 0 Å². The van der Waals surface area contributed by atoms with E-state index in [9.17, 15) is 9.59 Å². The second kappa shape index (κ2) is 5.62. The van der Waals surface area contributed by atoms with Crippen molar-refractivity contribution in [1.82, 2.24) is 9.55 Å². The highest BCUT2D eigenvalue weighted by molar-refractivity contribution is 5.00. The van der Waals surface area contributed by atoms with Crippen molar-refractivity contribution in [1.29, 1.82) is 0 Å². The largest absolute Gasteiger partial charge is 0.394 e. The van der Waals surface area contributed by atoms with Gasteiger partial charge in [0.1, 0.15) is 6.73 Å². The van der Waals surface area contributed by atoms with Gasteiger partial charge in [0.25, 0.3) is 5.56 Å². The van der Waals surface area contributed by atoms with Crippen molar-refractivity contribution in [3.8, 4) is 0 Å². The molecular formula is C10H16N2O4. The molecule has 1 unspecified atom stereocenters. The van der Waals surface area contributed by atoms with Crippen molar-refractivity contribution in [2.75, 3.05) is 6.61 Å². The van der Waals surface area contributed by atoms with Crippen LogP contribution in [0.4, 0.5) is 0 Å². The number of H-pyrrole nitrogens is 1. The number of aromatic amines is 1. The van der Waals surface area contributed by atoms with E-state index in [2.05, 4.69) is 4.98 Å². The van der Waals surface area contributed by atoms with Crippen LogP contribution in [0.15, 0.2) is 15.8 Å². The first kappa shape index (κ1) is 12.7. The van der Waals surface area contributed by atoms with Gasteiger partial charge in [-0.1, -0.05) is 6.92 Å². The topological polar surface area (TPSA) is 84.3 Å². The minimum Gasteiger partial charge on any atom is -0.394 e. The van der Waals surface area contributed by atoms with E-state index in [1.165, 1.54) is 10.8 Å². The van der Waals surface area contributed by atoms with Gasteiger partial charge in [-0.15, -0.1) is 0 Å². The van der Waals surface area contributed by atoms with Gasteiger partial charge in [0.2, 0.25) is 0 Å². The number of hydrogen-bond acceptors (Lipinski definition) is 4. The molecule has 6 heteroatoms. The molecule has 1 aromatic rings. The summed E-state index contributed by atoms with van der Waals surface area (Å²) in [5.41, 5.74) is -0.459. The molecular weight excluding hydrogens is 212 g/mol. The average Bonchev–Trinajstić information content (AvgIpc) is 2.26. The molecule has 0 amide bonds. The first-order valence-electron chi connectivity index (χ1n) is 5.11. The Bertz CT molecular complexity index is 445. The maximum atomic E-state index is 11.3. The van der Waals surface area contributed by atoms with Gasteiger partial charge in [-0.25, -0.2) is 4.79 Å². The maximum absolute atomic E-state index is 11.3. The van der Waals surface area contributed by atoms with Gasteiger partial charge in [-0.2, -0.15) is 0 Å². The summed E-state index contributed by atoms with van der Waals surface area (Å²) in [6, 6.07) is 0. The van der Waals surface area contributed by atoms with E-state index in [4.69, 9.17) is 9.84 Å². The number of aliphatic hydroxyl groups is 1. The van der Waals surface area contributed by atoms with Gasteiger partial charge in [-0.3, -0.25) is 14.3 Å². The first-order valence-corrected chi connectivity index (χ1v) is 5.11. The zero-order valence-electron chi connectivity index (χ0n) is 9.40. The van der Waals surface area contributed by atoms with Gasteiger partial charge >= 0.3 is 5.69 Å². The second-order valence-electron chi connectivity index (χ2n) is 3.55. The smallest absolute Gasteiger partial charge is 0.330 e. The molecule has 0 spiro atoms. The molecule has 90 valence electrons. The Morgan fingerprint density at radius 3 is 2.81 bits per heavy atom. The van der Waals surface area contributed by atoms with Crippen molar-refractivity contribution in [3.63, 3.8) is 0 Å². The lowest BCUT2D eigenvalue weighted by Crippen LogP contribution is -2.32. The molecule has 0 aliphatic rings. The summed E-state index contributed by atoms with van der Waals surface area (Å²) in [6.07, 6.45) is 1.80. The number of aliphatic hydroxyl groups excluding tert-OH is 1. The summed E-state index contributed by atoms with van der Waals surface area (Å²) >= 11 is 0. The van der Waals surface area contributed by atoms with Crippen LogP contribution >= 0.6 is 0 Å². The van der Waals surface area contributed by atoms with Crippen molar-refractivity contribution < 1.29 is 9.84 Å².